The van der Waals surface area contributed by atoms with Gasteiger partial charge in [0.25, 0.3) is 0 Å². The maximum Gasteiger partial charge on any atom is 0.00709 e. The van der Waals surface area contributed by atoms with Gasteiger partial charge in [-0.1, -0.05) is 121 Å². The Morgan fingerprint density at radius 3 is 1.74 bits per heavy atom. The zero-order chi connectivity index (χ0) is 21.4. The van der Waals surface area contributed by atoms with Crippen LogP contribution in [0.5, 0.6) is 0 Å². The Hall–Kier alpha value is 0.217. The van der Waals surface area contributed by atoms with Gasteiger partial charge in [-0.05, 0) is 67.6 Å². The molecule has 0 N–H and O–H groups in total. The molecule has 0 aliphatic heterocycles. The highest BCUT2D eigenvalue weighted by atomic mass is 28.1. The summed E-state index contributed by atoms with van der Waals surface area (Å²) in [7, 11) is 1.47. The Morgan fingerprint density at radius 1 is 0.484 bits per heavy atom. The predicted octanol–water partition coefficient (Wildman–Crippen LogP) is 9.01. The summed E-state index contributed by atoms with van der Waals surface area (Å²) in [4.78, 5) is 0. The second-order valence-corrected chi connectivity index (χ2v) is 14.3. The first kappa shape index (κ1) is 24.3. The molecule has 1 heteroatoms. The third-order valence-corrected chi connectivity index (χ3v) is 12.4. The molecule has 0 spiro atoms. The molecule has 0 nitrogen and oxygen atoms in total. The van der Waals surface area contributed by atoms with Gasteiger partial charge in [0, 0.05) is 10.2 Å². The number of fused-ring (bicyclic) bond motifs is 13. The third-order valence-electron chi connectivity index (χ3n) is 11.0. The number of rotatable bonds is 2. The normalized spacial score (nSPS) is 40.6. The zero-order valence-corrected chi connectivity index (χ0v) is 23.4. The van der Waals surface area contributed by atoms with Crippen LogP contribution in [0.1, 0.15) is 154 Å². The van der Waals surface area contributed by atoms with Crippen LogP contribution in [0.15, 0.2) is 0 Å². The van der Waals surface area contributed by atoms with E-state index in [2.05, 4.69) is 0 Å². The van der Waals surface area contributed by atoms with E-state index >= 15 is 0 Å². The maximum absolute atomic E-state index is 1.65. The van der Waals surface area contributed by atoms with Crippen molar-refractivity contribution in [2.75, 3.05) is 0 Å². The highest BCUT2D eigenvalue weighted by Gasteiger charge is 2.51. The van der Waals surface area contributed by atoms with E-state index in [1.54, 1.807) is 103 Å². The lowest BCUT2D eigenvalue weighted by molar-refractivity contribution is -0.0600. The van der Waals surface area contributed by atoms with Gasteiger partial charge in [0.2, 0.25) is 0 Å². The van der Waals surface area contributed by atoms with Crippen LogP contribution in [0.4, 0.5) is 0 Å². The summed E-state index contributed by atoms with van der Waals surface area (Å²) in [5.41, 5.74) is 1.91. The molecule has 0 aromatic rings. The summed E-state index contributed by atoms with van der Waals surface area (Å²) in [6.45, 7) is 0. The van der Waals surface area contributed by atoms with Gasteiger partial charge in [-0.25, -0.2) is 0 Å². The van der Waals surface area contributed by atoms with Gasteiger partial charge in [-0.2, -0.15) is 0 Å². The lowest BCUT2D eigenvalue weighted by atomic mass is 9.49. The van der Waals surface area contributed by atoms with Crippen molar-refractivity contribution in [1.29, 1.82) is 0 Å². The molecule has 2 bridgehead atoms. The third kappa shape index (κ3) is 6.42. The average Bonchev–Trinajstić information content (AvgIpc) is 2.80. The SMILES string of the molecule is [SiH3]C1CCCCC1C1CC2CCCCCCCCCCCCC1(C1CCCCC1)CC2. The van der Waals surface area contributed by atoms with Crippen molar-refractivity contribution in [3.05, 3.63) is 0 Å². The summed E-state index contributed by atoms with van der Waals surface area (Å²) < 4.78 is 0. The highest BCUT2D eigenvalue weighted by molar-refractivity contribution is 6.11. The fraction of sp³-hybridized carbons (Fsp3) is 1.00. The Kier molecular flexibility index (Phi) is 9.91. The van der Waals surface area contributed by atoms with Crippen LogP contribution >= 0.6 is 0 Å². The van der Waals surface area contributed by atoms with Crippen molar-refractivity contribution in [2.45, 2.75) is 160 Å². The van der Waals surface area contributed by atoms with Crippen molar-refractivity contribution in [1.82, 2.24) is 0 Å². The minimum Gasteiger partial charge on any atom is -0.0534 e. The van der Waals surface area contributed by atoms with E-state index in [1.807, 2.05) is 0 Å². The molecule has 0 aromatic carbocycles. The quantitative estimate of drug-likeness (QED) is 0.373. The molecule has 5 rings (SSSR count). The van der Waals surface area contributed by atoms with E-state index in [0.717, 1.165) is 34.6 Å². The summed E-state index contributed by atoms with van der Waals surface area (Å²) in [6, 6.07) is 0. The molecule has 0 amide bonds. The van der Waals surface area contributed by atoms with Gasteiger partial charge in [0.1, 0.15) is 0 Å². The van der Waals surface area contributed by atoms with Gasteiger partial charge in [0.05, 0.1) is 0 Å². The van der Waals surface area contributed by atoms with Crippen LogP contribution in [0.2, 0.25) is 5.54 Å². The minimum atomic E-state index is 0.763. The topological polar surface area (TPSA) is 0 Å². The zero-order valence-electron chi connectivity index (χ0n) is 21.4. The molecule has 31 heavy (non-hydrogen) atoms. The van der Waals surface area contributed by atoms with Crippen LogP contribution < -0.4 is 0 Å². The highest BCUT2D eigenvalue weighted by Crippen LogP contribution is 2.61. The molecular formula is C30H56Si. The Bertz CT molecular complexity index is 491. The Morgan fingerprint density at radius 2 is 1.03 bits per heavy atom. The fourth-order valence-electron chi connectivity index (χ4n) is 9.18. The van der Waals surface area contributed by atoms with Crippen molar-refractivity contribution in [2.24, 2.45) is 29.1 Å². The van der Waals surface area contributed by atoms with Crippen LogP contribution in [-0.4, -0.2) is 10.2 Å². The predicted molar refractivity (Wildman–Crippen MR) is 141 cm³/mol. The van der Waals surface area contributed by atoms with E-state index in [9.17, 15) is 0 Å². The summed E-state index contributed by atoms with van der Waals surface area (Å²) in [5.74, 6) is 4.43. The molecule has 5 aliphatic rings. The summed E-state index contributed by atoms with van der Waals surface area (Å²) >= 11 is 0. The van der Waals surface area contributed by atoms with Crippen molar-refractivity contribution >= 4 is 10.2 Å². The monoisotopic (exact) mass is 444 g/mol. The van der Waals surface area contributed by atoms with Crippen molar-refractivity contribution in [3.63, 3.8) is 0 Å². The molecule has 0 aromatic heterocycles. The van der Waals surface area contributed by atoms with Crippen molar-refractivity contribution in [3.8, 4) is 0 Å². The van der Waals surface area contributed by atoms with Crippen LogP contribution in [0.25, 0.3) is 0 Å². The Labute approximate surface area is 198 Å². The minimum absolute atomic E-state index is 0.763. The van der Waals surface area contributed by atoms with Gasteiger partial charge in [0.15, 0.2) is 0 Å². The lowest BCUT2D eigenvalue weighted by Gasteiger charge is -2.57. The summed E-state index contributed by atoms with van der Waals surface area (Å²) in [6.07, 6.45) is 37.6. The molecule has 5 atom stereocenters. The number of hydrogen-bond donors (Lipinski definition) is 0. The van der Waals surface area contributed by atoms with Crippen LogP contribution in [0, 0.1) is 29.1 Å². The van der Waals surface area contributed by atoms with Gasteiger partial charge in [-0.15, -0.1) is 0 Å². The lowest BCUT2D eigenvalue weighted by Crippen LogP contribution is -2.48. The molecule has 5 unspecified atom stereocenters. The fourth-order valence-corrected chi connectivity index (χ4v) is 10.4. The molecule has 0 saturated heterocycles. The van der Waals surface area contributed by atoms with Crippen molar-refractivity contribution < 1.29 is 0 Å². The second-order valence-electron chi connectivity index (χ2n) is 12.8. The number of hydrogen-bond acceptors (Lipinski definition) is 0. The second kappa shape index (κ2) is 12.6. The molecule has 5 aliphatic carbocycles. The Balaban J connectivity index is 1.56. The van der Waals surface area contributed by atoms with E-state index in [1.165, 1.54) is 61.6 Å². The molecule has 180 valence electrons. The average molecular weight is 445 g/mol. The molecule has 0 radical (unpaired) electrons. The van der Waals surface area contributed by atoms with Crippen LogP contribution in [0.3, 0.4) is 0 Å². The maximum atomic E-state index is 1.65. The van der Waals surface area contributed by atoms with E-state index in [0.29, 0.717) is 0 Å². The standard InChI is InChI=1S/C30H56Si/c31-29-20-14-13-19-27(29)28-24-25-16-10-7-5-3-1-2-4-6-8-15-22-30(28,23-21-25)26-17-11-9-12-18-26/h25-29H,1-24H2,31H3. The van der Waals surface area contributed by atoms with Crippen LogP contribution in [-0.2, 0) is 0 Å². The molecule has 5 fully saturated rings. The van der Waals surface area contributed by atoms with Gasteiger partial charge < -0.3 is 0 Å². The van der Waals surface area contributed by atoms with Gasteiger partial charge >= 0.3 is 0 Å². The van der Waals surface area contributed by atoms with E-state index in [4.69, 9.17) is 0 Å². The van der Waals surface area contributed by atoms with E-state index in [-0.39, 0.29) is 0 Å². The first-order chi connectivity index (χ1) is 15.3. The largest absolute Gasteiger partial charge is 0.0534 e. The first-order valence-electron chi connectivity index (χ1n) is 15.3. The summed E-state index contributed by atoms with van der Waals surface area (Å²) in [5, 5.41) is 0. The smallest absolute Gasteiger partial charge is 0.00709 e. The van der Waals surface area contributed by atoms with E-state index < -0.39 is 0 Å². The molecule has 0 heterocycles. The van der Waals surface area contributed by atoms with Gasteiger partial charge in [-0.3, -0.25) is 0 Å². The molecule has 5 saturated carbocycles. The first-order valence-corrected chi connectivity index (χ1v) is 16.4. The molecular weight excluding hydrogens is 388 g/mol.